The summed E-state index contributed by atoms with van der Waals surface area (Å²) in [6.07, 6.45) is 4.07. The zero-order valence-corrected chi connectivity index (χ0v) is 14.9. The molecule has 2 heterocycles. The van der Waals surface area contributed by atoms with Crippen LogP contribution in [0.4, 0.5) is 0 Å². The number of likely N-dealkylation sites (tertiary alicyclic amines) is 1. The maximum atomic E-state index is 12.9. The number of carbonyl (C=O) groups is 2. The fourth-order valence-electron chi connectivity index (χ4n) is 3.38. The van der Waals surface area contributed by atoms with Crippen molar-refractivity contribution in [2.45, 2.75) is 72.4 Å². The average Bonchev–Trinajstić information content (AvgIpc) is 2.80. The van der Waals surface area contributed by atoms with Crippen LogP contribution in [-0.4, -0.2) is 40.5 Å². The summed E-state index contributed by atoms with van der Waals surface area (Å²) >= 11 is 0. The van der Waals surface area contributed by atoms with Gasteiger partial charge < -0.3 is 14.6 Å². The molecule has 1 fully saturated rings. The SMILES string of the molecule is CCC1CCCCN1C(=O)c1[nH]c(C)c(C(=O)OC(C)C)c1C. The lowest BCUT2D eigenvalue weighted by atomic mass is 9.99. The summed E-state index contributed by atoms with van der Waals surface area (Å²) in [6.45, 7) is 10.2. The lowest BCUT2D eigenvalue weighted by Crippen LogP contribution is -2.43. The summed E-state index contributed by atoms with van der Waals surface area (Å²) in [5, 5.41) is 0. The van der Waals surface area contributed by atoms with Crippen LogP contribution < -0.4 is 0 Å². The van der Waals surface area contributed by atoms with Gasteiger partial charge in [-0.1, -0.05) is 6.92 Å². The molecule has 0 spiro atoms. The Bertz CT molecular complexity index is 589. The molecule has 1 saturated heterocycles. The quantitative estimate of drug-likeness (QED) is 0.862. The van der Waals surface area contributed by atoms with E-state index in [1.165, 1.54) is 6.42 Å². The topological polar surface area (TPSA) is 62.4 Å². The van der Waals surface area contributed by atoms with Crippen LogP contribution in [0, 0.1) is 13.8 Å². The maximum Gasteiger partial charge on any atom is 0.340 e. The molecule has 5 heteroatoms. The Morgan fingerprint density at radius 1 is 1.30 bits per heavy atom. The molecular weight excluding hydrogens is 292 g/mol. The Hall–Kier alpha value is -1.78. The first-order valence-electron chi connectivity index (χ1n) is 8.57. The number of H-pyrrole nitrogens is 1. The summed E-state index contributed by atoms with van der Waals surface area (Å²) < 4.78 is 5.29. The van der Waals surface area contributed by atoms with Gasteiger partial charge in [-0.25, -0.2) is 4.79 Å². The number of piperidine rings is 1. The number of nitrogens with zero attached hydrogens (tertiary/aromatic N) is 1. The Kier molecular flexibility index (Phi) is 5.50. The first kappa shape index (κ1) is 17.6. The average molecular weight is 320 g/mol. The third kappa shape index (κ3) is 3.59. The highest BCUT2D eigenvalue weighted by molar-refractivity contribution is 6.00. The first-order chi connectivity index (χ1) is 10.9. The predicted octanol–water partition coefficient (Wildman–Crippen LogP) is 3.60. The summed E-state index contributed by atoms with van der Waals surface area (Å²) in [6, 6.07) is 0.297. The van der Waals surface area contributed by atoms with Crippen LogP contribution in [0.25, 0.3) is 0 Å². The number of amides is 1. The van der Waals surface area contributed by atoms with Crippen molar-refractivity contribution in [1.29, 1.82) is 0 Å². The molecule has 0 bridgehead atoms. The van der Waals surface area contributed by atoms with Gasteiger partial charge in [0.15, 0.2) is 0 Å². The van der Waals surface area contributed by atoms with Crippen LogP contribution in [0.2, 0.25) is 0 Å². The molecule has 1 aliphatic rings. The second-order valence-corrected chi connectivity index (χ2v) is 6.64. The van der Waals surface area contributed by atoms with Crippen LogP contribution in [-0.2, 0) is 4.74 Å². The van der Waals surface area contributed by atoms with E-state index in [1.807, 2.05) is 32.6 Å². The van der Waals surface area contributed by atoms with Gasteiger partial charge in [-0.15, -0.1) is 0 Å². The Labute approximate surface area is 138 Å². The van der Waals surface area contributed by atoms with Crippen LogP contribution in [0.15, 0.2) is 0 Å². The molecule has 1 aliphatic heterocycles. The van der Waals surface area contributed by atoms with Gasteiger partial charge in [-0.05, 0) is 58.9 Å². The van der Waals surface area contributed by atoms with Crippen molar-refractivity contribution in [3.8, 4) is 0 Å². The number of carbonyl (C=O) groups excluding carboxylic acids is 2. The van der Waals surface area contributed by atoms with Crippen molar-refractivity contribution < 1.29 is 14.3 Å². The fraction of sp³-hybridized carbons (Fsp3) is 0.667. The third-order valence-corrected chi connectivity index (χ3v) is 4.56. The lowest BCUT2D eigenvalue weighted by Gasteiger charge is -2.35. The van der Waals surface area contributed by atoms with Gasteiger partial charge in [0.05, 0.1) is 11.7 Å². The van der Waals surface area contributed by atoms with E-state index in [-0.39, 0.29) is 18.0 Å². The minimum absolute atomic E-state index is 0.000692. The van der Waals surface area contributed by atoms with Gasteiger partial charge >= 0.3 is 5.97 Å². The van der Waals surface area contributed by atoms with E-state index in [0.29, 0.717) is 28.6 Å². The van der Waals surface area contributed by atoms with Crippen LogP contribution in [0.1, 0.15) is 78.6 Å². The molecule has 0 aromatic carbocycles. The molecule has 128 valence electrons. The van der Waals surface area contributed by atoms with Gasteiger partial charge in [0.25, 0.3) is 5.91 Å². The summed E-state index contributed by atoms with van der Waals surface area (Å²) in [7, 11) is 0. The van der Waals surface area contributed by atoms with Crippen molar-refractivity contribution in [2.24, 2.45) is 0 Å². The minimum Gasteiger partial charge on any atom is -0.459 e. The number of nitrogens with one attached hydrogen (secondary N) is 1. The normalized spacial score (nSPS) is 18.3. The smallest absolute Gasteiger partial charge is 0.340 e. The van der Waals surface area contributed by atoms with Gasteiger partial charge in [0.2, 0.25) is 0 Å². The number of hydrogen-bond donors (Lipinski definition) is 1. The Morgan fingerprint density at radius 2 is 2.00 bits per heavy atom. The molecule has 1 aromatic heterocycles. The molecule has 0 radical (unpaired) electrons. The third-order valence-electron chi connectivity index (χ3n) is 4.56. The number of ether oxygens (including phenoxy) is 1. The van der Waals surface area contributed by atoms with E-state index in [0.717, 1.165) is 25.8 Å². The minimum atomic E-state index is -0.365. The van der Waals surface area contributed by atoms with E-state index >= 15 is 0 Å². The lowest BCUT2D eigenvalue weighted by molar-refractivity contribution is 0.0376. The summed E-state index contributed by atoms with van der Waals surface area (Å²) in [4.78, 5) is 30.3. The van der Waals surface area contributed by atoms with Crippen LogP contribution in [0.5, 0.6) is 0 Å². The van der Waals surface area contributed by atoms with Crippen molar-refractivity contribution in [1.82, 2.24) is 9.88 Å². The molecule has 1 unspecified atom stereocenters. The zero-order chi connectivity index (χ0) is 17.1. The highest BCUT2D eigenvalue weighted by Gasteiger charge is 2.30. The van der Waals surface area contributed by atoms with E-state index in [4.69, 9.17) is 4.74 Å². The Morgan fingerprint density at radius 3 is 2.61 bits per heavy atom. The molecule has 1 amide bonds. The highest BCUT2D eigenvalue weighted by Crippen LogP contribution is 2.25. The fourth-order valence-corrected chi connectivity index (χ4v) is 3.38. The molecule has 1 atom stereocenters. The molecule has 0 aliphatic carbocycles. The summed E-state index contributed by atoms with van der Waals surface area (Å²) in [5.74, 6) is -0.364. The monoisotopic (exact) mass is 320 g/mol. The van der Waals surface area contributed by atoms with E-state index in [2.05, 4.69) is 11.9 Å². The second kappa shape index (κ2) is 7.20. The van der Waals surface area contributed by atoms with Gasteiger partial charge in [0, 0.05) is 18.3 Å². The molecule has 0 saturated carbocycles. The molecule has 2 rings (SSSR count). The number of esters is 1. The maximum absolute atomic E-state index is 12.9. The number of aryl methyl sites for hydroxylation is 1. The van der Waals surface area contributed by atoms with Crippen molar-refractivity contribution in [2.75, 3.05) is 6.54 Å². The van der Waals surface area contributed by atoms with Crippen molar-refractivity contribution >= 4 is 11.9 Å². The van der Waals surface area contributed by atoms with Crippen LogP contribution in [0.3, 0.4) is 0 Å². The van der Waals surface area contributed by atoms with Gasteiger partial charge in [0.1, 0.15) is 5.69 Å². The predicted molar refractivity (Wildman–Crippen MR) is 89.8 cm³/mol. The number of aromatic amines is 1. The van der Waals surface area contributed by atoms with Crippen molar-refractivity contribution in [3.63, 3.8) is 0 Å². The second-order valence-electron chi connectivity index (χ2n) is 6.64. The van der Waals surface area contributed by atoms with E-state index in [9.17, 15) is 9.59 Å². The first-order valence-corrected chi connectivity index (χ1v) is 8.57. The molecule has 23 heavy (non-hydrogen) atoms. The van der Waals surface area contributed by atoms with E-state index in [1.54, 1.807) is 0 Å². The van der Waals surface area contributed by atoms with Gasteiger partial charge in [-0.3, -0.25) is 4.79 Å². The van der Waals surface area contributed by atoms with Crippen LogP contribution >= 0.6 is 0 Å². The summed E-state index contributed by atoms with van der Waals surface area (Å²) in [5.41, 5.74) is 2.41. The number of rotatable bonds is 4. The standard InChI is InChI=1S/C18H28N2O3/c1-6-14-9-7-8-10-20(14)17(21)16-12(4)15(13(5)19-16)18(22)23-11(2)3/h11,14,19H,6-10H2,1-5H3. The number of aromatic nitrogens is 1. The largest absolute Gasteiger partial charge is 0.459 e. The number of hydrogen-bond acceptors (Lipinski definition) is 3. The molecule has 1 aromatic rings. The van der Waals surface area contributed by atoms with Gasteiger partial charge in [-0.2, -0.15) is 0 Å². The molecule has 5 nitrogen and oxygen atoms in total. The molecular formula is C18H28N2O3. The molecule has 1 N–H and O–H groups in total. The Balaban J connectivity index is 2.29. The zero-order valence-electron chi connectivity index (χ0n) is 14.9. The van der Waals surface area contributed by atoms with Crippen molar-refractivity contribution in [3.05, 3.63) is 22.5 Å². The highest BCUT2D eigenvalue weighted by atomic mass is 16.5. The van der Waals surface area contributed by atoms with E-state index < -0.39 is 0 Å².